The van der Waals surface area contributed by atoms with Crippen LogP contribution in [0.25, 0.3) is 22.6 Å². The first-order valence-electron chi connectivity index (χ1n) is 8.01. The lowest BCUT2D eigenvalue weighted by Gasteiger charge is -2.04. The molecule has 0 N–H and O–H groups in total. The molecule has 25 heavy (non-hydrogen) atoms. The summed E-state index contributed by atoms with van der Waals surface area (Å²) in [6.07, 6.45) is 1.87. The van der Waals surface area contributed by atoms with Crippen molar-refractivity contribution in [3.05, 3.63) is 75.5 Å². The van der Waals surface area contributed by atoms with Gasteiger partial charge in [0.15, 0.2) is 0 Å². The quantitative estimate of drug-likeness (QED) is 0.386. The van der Waals surface area contributed by atoms with Crippen LogP contribution in [0.15, 0.2) is 48.5 Å². The Balaban J connectivity index is 2.15. The smallest absolute Gasteiger partial charge is 0.269 e. The number of nitriles is 1. The molecule has 0 bridgehead atoms. The van der Waals surface area contributed by atoms with E-state index in [0.29, 0.717) is 11.1 Å². The van der Waals surface area contributed by atoms with Crippen LogP contribution in [0.3, 0.4) is 0 Å². The lowest BCUT2D eigenvalue weighted by molar-refractivity contribution is -0.384. The number of benzene rings is 2. The van der Waals surface area contributed by atoms with Gasteiger partial charge in [0.25, 0.3) is 5.69 Å². The van der Waals surface area contributed by atoms with E-state index in [0.717, 1.165) is 28.7 Å². The second-order valence-electron chi connectivity index (χ2n) is 5.73. The molecule has 3 aromatic rings. The molecule has 0 saturated carbocycles. The van der Waals surface area contributed by atoms with Crippen molar-refractivity contribution in [1.82, 2.24) is 4.57 Å². The molecule has 0 radical (unpaired) electrons. The molecule has 0 unspecified atom stereocenters. The van der Waals surface area contributed by atoms with E-state index in [4.69, 9.17) is 0 Å². The van der Waals surface area contributed by atoms with Gasteiger partial charge in [-0.25, -0.2) is 0 Å². The van der Waals surface area contributed by atoms with Crippen molar-refractivity contribution in [2.45, 2.75) is 20.4 Å². The number of aryl methyl sites for hydroxylation is 1. The number of fused-ring (bicyclic) bond motifs is 1. The van der Waals surface area contributed by atoms with Gasteiger partial charge in [-0.3, -0.25) is 10.1 Å². The standard InChI is InChI=1S/C20H17N3O2/c1-3-22-14(2)19(18-6-4-5-7-20(18)22)12-16(13-21)15-8-10-17(11-9-15)23(24)25/h4-12H,3H2,1-2H3/b16-12-. The molecule has 5 heteroatoms. The summed E-state index contributed by atoms with van der Waals surface area (Å²) in [6.45, 7) is 4.98. The van der Waals surface area contributed by atoms with Crippen LogP contribution in [-0.4, -0.2) is 9.49 Å². The van der Waals surface area contributed by atoms with Crippen LogP contribution in [0, 0.1) is 28.4 Å². The van der Waals surface area contributed by atoms with Crippen molar-refractivity contribution >= 4 is 28.2 Å². The Morgan fingerprint density at radius 2 is 1.92 bits per heavy atom. The van der Waals surface area contributed by atoms with Gasteiger partial charge >= 0.3 is 0 Å². The Morgan fingerprint density at radius 1 is 1.24 bits per heavy atom. The first-order valence-corrected chi connectivity index (χ1v) is 8.01. The van der Waals surface area contributed by atoms with Crippen LogP contribution in [0.4, 0.5) is 5.69 Å². The zero-order valence-electron chi connectivity index (χ0n) is 14.1. The maximum Gasteiger partial charge on any atom is 0.269 e. The minimum Gasteiger partial charge on any atom is -0.345 e. The minimum absolute atomic E-state index is 0.0137. The molecule has 1 aromatic heterocycles. The Labute approximate surface area is 145 Å². The zero-order valence-corrected chi connectivity index (χ0v) is 14.1. The summed E-state index contributed by atoms with van der Waals surface area (Å²) in [5.41, 5.74) is 4.40. The Morgan fingerprint density at radius 3 is 2.52 bits per heavy atom. The molecule has 0 saturated heterocycles. The normalized spacial score (nSPS) is 11.5. The first-order chi connectivity index (χ1) is 12.1. The SMILES string of the molecule is CCn1c(C)c(/C=C(/C#N)c2ccc([N+](=O)[O-])cc2)c2ccccc21. The molecule has 0 aliphatic heterocycles. The van der Waals surface area contributed by atoms with Gasteiger partial charge < -0.3 is 4.57 Å². The van der Waals surface area contributed by atoms with Crippen LogP contribution in [-0.2, 0) is 6.54 Å². The molecule has 0 aliphatic carbocycles. The largest absolute Gasteiger partial charge is 0.345 e. The van der Waals surface area contributed by atoms with Crippen LogP contribution < -0.4 is 0 Å². The molecule has 0 spiro atoms. The number of hydrogen-bond acceptors (Lipinski definition) is 3. The van der Waals surface area contributed by atoms with E-state index in [9.17, 15) is 15.4 Å². The Bertz CT molecular complexity index is 1020. The molecule has 0 atom stereocenters. The maximum atomic E-state index is 10.8. The van der Waals surface area contributed by atoms with Gasteiger partial charge in [-0.05, 0) is 43.7 Å². The van der Waals surface area contributed by atoms with Gasteiger partial charge in [0, 0.05) is 40.8 Å². The summed E-state index contributed by atoms with van der Waals surface area (Å²) < 4.78 is 2.21. The predicted molar refractivity (Wildman–Crippen MR) is 98.9 cm³/mol. The summed E-state index contributed by atoms with van der Waals surface area (Å²) in [5, 5.41) is 21.5. The summed E-state index contributed by atoms with van der Waals surface area (Å²) >= 11 is 0. The van der Waals surface area contributed by atoms with Crippen LogP contribution >= 0.6 is 0 Å². The third-order valence-corrected chi connectivity index (χ3v) is 4.39. The van der Waals surface area contributed by atoms with E-state index in [-0.39, 0.29) is 5.69 Å². The van der Waals surface area contributed by atoms with E-state index in [1.165, 1.54) is 12.1 Å². The van der Waals surface area contributed by atoms with Crippen molar-refractivity contribution in [3.63, 3.8) is 0 Å². The van der Waals surface area contributed by atoms with Crippen molar-refractivity contribution in [2.24, 2.45) is 0 Å². The summed E-state index contributed by atoms with van der Waals surface area (Å²) in [6, 6.07) is 16.4. The van der Waals surface area contributed by atoms with Gasteiger partial charge in [0.05, 0.1) is 16.6 Å². The Kier molecular flexibility index (Phi) is 4.36. The second kappa shape index (κ2) is 6.62. The summed E-state index contributed by atoms with van der Waals surface area (Å²) in [4.78, 5) is 10.3. The minimum atomic E-state index is -0.446. The second-order valence-corrected chi connectivity index (χ2v) is 5.73. The topological polar surface area (TPSA) is 71.9 Å². The van der Waals surface area contributed by atoms with E-state index in [1.54, 1.807) is 12.1 Å². The third kappa shape index (κ3) is 2.90. The zero-order chi connectivity index (χ0) is 18.0. The van der Waals surface area contributed by atoms with Crippen molar-refractivity contribution in [1.29, 1.82) is 5.26 Å². The van der Waals surface area contributed by atoms with E-state index in [1.807, 2.05) is 31.2 Å². The van der Waals surface area contributed by atoms with Crippen LogP contribution in [0.1, 0.15) is 23.7 Å². The van der Waals surface area contributed by atoms with Gasteiger partial charge in [-0.2, -0.15) is 5.26 Å². The molecular formula is C20H17N3O2. The molecule has 2 aromatic carbocycles. The van der Waals surface area contributed by atoms with Gasteiger partial charge in [0.1, 0.15) is 0 Å². The summed E-state index contributed by atoms with van der Waals surface area (Å²) in [5.74, 6) is 0. The predicted octanol–water partition coefficient (Wildman–Crippen LogP) is 4.94. The highest BCUT2D eigenvalue weighted by molar-refractivity contribution is 5.99. The number of para-hydroxylation sites is 1. The number of nitro benzene ring substituents is 1. The number of nitro groups is 1. The van der Waals surface area contributed by atoms with E-state index in [2.05, 4.69) is 23.6 Å². The molecule has 1 heterocycles. The molecule has 124 valence electrons. The number of aromatic nitrogens is 1. The molecule has 5 nitrogen and oxygen atoms in total. The van der Waals surface area contributed by atoms with Gasteiger partial charge in [-0.1, -0.05) is 18.2 Å². The average molecular weight is 331 g/mol. The lowest BCUT2D eigenvalue weighted by Crippen LogP contribution is -1.96. The lowest BCUT2D eigenvalue weighted by atomic mass is 10.0. The van der Waals surface area contributed by atoms with Crippen molar-refractivity contribution in [3.8, 4) is 6.07 Å². The first kappa shape index (κ1) is 16.5. The molecular weight excluding hydrogens is 314 g/mol. The highest BCUT2D eigenvalue weighted by Crippen LogP contribution is 2.30. The monoisotopic (exact) mass is 331 g/mol. The molecule has 0 aliphatic rings. The fourth-order valence-corrected chi connectivity index (χ4v) is 3.13. The van der Waals surface area contributed by atoms with Crippen molar-refractivity contribution < 1.29 is 4.92 Å². The van der Waals surface area contributed by atoms with Crippen LogP contribution in [0.2, 0.25) is 0 Å². The molecule has 3 rings (SSSR count). The molecule has 0 fully saturated rings. The number of hydrogen-bond donors (Lipinski definition) is 0. The number of rotatable bonds is 4. The molecule has 0 amide bonds. The average Bonchev–Trinajstić information content (AvgIpc) is 2.90. The maximum absolute atomic E-state index is 10.8. The fraction of sp³-hybridized carbons (Fsp3) is 0.150. The van der Waals surface area contributed by atoms with Gasteiger partial charge in [0.2, 0.25) is 0 Å². The Hall–Kier alpha value is -3.39. The van der Waals surface area contributed by atoms with Gasteiger partial charge in [-0.15, -0.1) is 0 Å². The van der Waals surface area contributed by atoms with Crippen LogP contribution in [0.5, 0.6) is 0 Å². The van der Waals surface area contributed by atoms with E-state index < -0.39 is 4.92 Å². The summed E-state index contributed by atoms with van der Waals surface area (Å²) in [7, 11) is 0. The number of allylic oxidation sites excluding steroid dienone is 1. The van der Waals surface area contributed by atoms with E-state index >= 15 is 0 Å². The number of non-ortho nitro benzene ring substituents is 1. The highest BCUT2D eigenvalue weighted by atomic mass is 16.6. The highest BCUT2D eigenvalue weighted by Gasteiger charge is 2.13. The fourth-order valence-electron chi connectivity index (χ4n) is 3.13. The number of nitrogens with zero attached hydrogens (tertiary/aromatic N) is 3. The third-order valence-electron chi connectivity index (χ3n) is 4.39. The van der Waals surface area contributed by atoms with Crippen molar-refractivity contribution in [2.75, 3.05) is 0 Å².